The first kappa shape index (κ1) is 13.7. The van der Waals surface area contributed by atoms with Crippen LogP contribution in [0.2, 0.25) is 5.02 Å². The fourth-order valence-electron chi connectivity index (χ4n) is 2.54. The molecule has 0 heterocycles. The Hall–Kier alpha value is -0.740. The van der Waals surface area contributed by atoms with Crippen LogP contribution in [0.1, 0.15) is 24.8 Å². The van der Waals surface area contributed by atoms with Crippen LogP contribution in [0.25, 0.3) is 0 Å². The minimum atomic E-state index is -3.00. The molecule has 0 amide bonds. The van der Waals surface area contributed by atoms with E-state index in [1.807, 2.05) is 25.1 Å². The summed E-state index contributed by atoms with van der Waals surface area (Å²) < 4.78 is 23.4. The molecule has 3 nitrogen and oxygen atoms in total. The van der Waals surface area contributed by atoms with Crippen LogP contribution in [-0.2, 0) is 9.84 Å². The van der Waals surface area contributed by atoms with Gasteiger partial charge in [0.1, 0.15) is 0 Å². The Morgan fingerprint density at radius 3 is 2.67 bits per heavy atom. The fourth-order valence-corrected chi connectivity index (χ4v) is 4.23. The van der Waals surface area contributed by atoms with Crippen molar-refractivity contribution in [3.8, 4) is 0 Å². The maximum atomic E-state index is 11.7. The normalized spacial score (nSPS) is 24.2. The number of halogens is 1. The lowest BCUT2D eigenvalue weighted by atomic mass is 10.2. The van der Waals surface area contributed by atoms with E-state index >= 15 is 0 Å². The SMILES string of the molecule is Cc1ccc(NC2CCCC2S(C)(=O)=O)c(Cl)c1. The fraction of sp³-hybridized carbons (Fsp3) is 0.538. The molecule has 0 saturated heterocycles. The zero-order valence-corrected chi connectivity index (χ0v) is 12.2. The minimum Gasteiger partial charge on any atom is -0.380 e. The Morgan fingerprint density at radius 2 is 2.06 bits per heavy atom. The smallest absolute Gasteiger partial charge is 0.152 e. The van der Waals surface area contributed by atoms with Crippen molar-refractivity contribution in [2.24, 2.45) is 0 Å². The van der Waals surface area contributed by atoms with E-state index in [1.54, 1.807) is 0 Å². The summed E-state index contributed by atoms with van der Waals surface area (Å²) in [4.78, 5) is 0. The molecule has 1 N–H and O–H groups in total. The largest absolute Gasteiger partial charge is 0.380 e. The molecule has 2 unspecified atom stereocenters. The summed E-state index contributed by atoms with van der Waals surface area (Å²) >= 11 is 6.16. The van der Waals surface area contributed by atoms with Crippen molar-refractivity contribution in [2.75, 3.05) is 11.6 Å². The van der Waals surface area contributed by atoms with Crippen LogP contribution in [0, 0.1) is 6.92 Å². The van der Waals surface area contributed by atoms with Crippen molar-refractivity contribution in [3.05, 3.63) is 28.8 Å². The second-order valence-corrected chi connectivity index (χ2v) is 7.70. The Kier molecular flexibility index (Phi) is 3.87. The van der Waals surface area contributed by atoms with Crippen molar-refractivity contribution in [1.82, 2.24) is 0 Å². The number of anilines is 1. The second kappa shape index (κ2) is 5.10. The predicted molar refractivity (Wildman–Crippen MR) is 76.1 cm³/mol. The van der Waals surface area contributed by atoms with E-state index in [1.165, 1.54) is 6.26 Å². The monoisotopic (exact) mass is 287 g/mol. The van der Waals surface area contributed by atoms with Crippen LogP contribution in [0.4, 0.5) is 5.69 Å². The molecule has 1 aromatic rings. The molecule has 1 fully saturated rings. The summed E-state index contributed by atoms with van der Waals surface area (Å²) in [5.41, 5.74) is 1.92. The zero-order valence-electron chi connectivity index (χ0n) is 10.6. The van der Waals surface area contributed by atoms with E-state index in [9.17, 15) is 8.42 Å². The van der Waals surface area contributed by atoms with Crippen molar-refractivity contribution in [1.29, 1.82) is 0 Å². The lowest BCUT2D eigenvalue weighted by molar-refractivity contribution is 0.579. The second-order valence-electron chi connectivity index (χ2n) is 5.03. The first-order chi connectivity index (χ1) is 8.38. The van der Waals surface area contributed by atoms with Gasteiger partial charge in [-0.25, -0.2) is 8.42 Å². The number of benzene rings is 1. The van der Waals surface area contributed by atoms with Gasteiger partial charge in [0.05, 0.1) is 16.0 Å². The van der Waals surface area contributed by atoms with Gasteiger partial charge >= 0.3 is 0 Å². The number of nitrogens with one attached hydrogen (secondary N) is 1. The summed E-state index contributed by atoms with van der Waals surface area (Å²) in [5.74, 6) is 0. The Balaban J connectivity index is 2.18. The molecule has 0 aromatic heterocycles. The van der Waals surface area contributed by atoms with E-state index in [2.05, 4.69) is 5.32 Å². The maximum absolute atomic E-state index is 11.7. The third-order valence-electron chi connectivity index (χ3n) is 3.47. The molecule has 0 bridgehead atoms. The molecule has 18 heavy (non-hydrogen) atoms. The quantitative estimate of drug-likeness (QED) is 0.929. The van der Waals surface area contributed by atoms with E-state index < -0.39 is 9.84 Å². The third kappa shape index (κ3) is 2.98. The standard InChI is InChI=1S/C13H18ClNO2S/c1-9-6-7-11(10(14)8-9)15-12-4-3-5-13(12)18(2,16)17/h6-8,12-13,15H,3-5H2,1-2H3. The highest BCUT2D eigenvalue weighted by atomic mass is 35.5. The van der Waals surface area contributed by atoms with Crippen LogP contribution in [0.5, 0.6) is 0 Å². The molecule has 1 aliphatic carbocycles. The van der Waals surface area contributed by atoms with Crippen LogP contribution in [0.15, 0.2) is 18.2 Å². The highest BCUT2D eigenvalue weighted by molar-refractivity contribution is 7.91. The number of aryl methyl sites for hydroxylation is 1. The highest BCUT2D eigenvalue weighted by Gasteiger charge is 2.34. The zero-order chi connectivity index (χ0) is 13.3. The van der Waals surface area contributed by atoms with E-state index in [0.717, 1.165) is 30.5 Å². The lowest BCUT2D eigenvalue weighted by Gasteiger charge is -2.21. The van der Waals surface area contributed by atoms with Gasteiger partial charge in [0, 0.05) is 12.3 Å². The Bertz CT molecular complexity index is 542. The molecule has 1 aromatic carbocycles. The number of rotatable bonds is 3. The molecule has 2 atom stereocenters. The van der Waals surface area contributed by atoms with Crippen LogP contribution in [-0.4, -0.2) is 26.0 Å². The van der Waals surface area contributed by atoms with Crippen molar-refractivity contribution in [3.63, 3.8) is 0 Å². The molecule has 0 radical (unpaired) electrons. The molecule has 0 spiro atoms. The number of hydrogen-bond acceptors (Lipinski definition) is 3. The van der Waals surface area contributed by atoms with Gasteiger partial charge in [-0.1, -0.05) is 17.7 Å². The van der Waals surface area contributed by atoms with Gasteiger partial charge < -0.3 is 5.32 Å². The first-order valence-electron chi connectivity index (χ1n) is 6.09. The Morgan fingerprint density at radius 1 is 1.33 bits per heavy atom. The average molecular weight is 288 g/mol. The van der Waals surface area contributed by atoms with Crippen LogP contribution >= 0.6 is 11.6 Å². The minimum absolute atomic E-state index is 0.0276. The number of hydrogen-bond donors (Lipinski definition) is 1. The highest BCUT2D eigenvalue weighted by Crippen LogP contribution is 2.31. The molecule has 100 valence electrons. The molecule has 1 saturated carbocycles. The lowest BCUT2D eigenvalue weighted by Crippen LogP contribution is -2.34. The van der Waals surface area contributed by atoms with Crippen LogP contribution in [0.3, 0.4) is 0 Å². The van der Waals surface area contributed by atoms with E-state index in [4.69, 9.17) is 11.6 Å². The molecule has 1 aliphatic rings. The topological polar surface area (TPSA) is 46.2 Å². The summed E-state index contributed by atoms with van der Waals surface area (Å²) in [7, 11) is -3.00. The molecule has 0 aliphatic heterocycles. The van der Waals surface area contributed by atoms with Gasteiger partial charge in [0.15, 0.2) is 9.84 Å². The van der Waals surface area contributed by atoms with Crippen molar-refractivity contribution in [2.45, 2.75) is 37.5 Å². The molecule has 5 heteroatoms. The van der Waals surface area contributed by atoms with Crippen LogP contribution < -0.4 is 5.32 Å². The van der Waals surface area contributed by atoms with Gasteiger partial charge in [-0.15, -0.1) is 0 Å². The molecule has 2 rings (SSSR count). The summed E-state index contributed by atoms with van der Waals surface area (Å²) in [6, 6.07) is 5.74. The van der Waals surface area contributed by atoms with E-state index in [-0.39, 0.29) is 11.3 Å². The maximum Gasteiger partial charge on any atom is 0.152 e. The predicted octanol–water partition coefficient (Wildman–Crippen LogP) is 3.03. The number of sulfone groups is 1. The van der Waals surface area contributed by atoms with Crippen molar-refractivity contribution < 1.29 is 8.42 Å². The van der Waals surface area contributed by atoms with Crippen molar-refractivity contribution >= 4 is 27.1 Å². The first-order valence-corrected chi connectivity index (χ1v) is 8.43. The summed E-state index contributed by atoms with van der Waals surface area (Å²) in [5, 5.41) is 3.63. The molecular weight excluding hydrogens is 270 g/mol. The molecular formula is C13H18ClNO2S. The van der Waals surface area contributed by atoms with Gasteiger partial charge in [-0.3, -0.25) is 0 Å². The summed E-state index contributed by atoms with van der Waals surface area (Å²) in [6.45, 7) is 1.98. The Labute approximate surface area is 113 Å². The van der Waals surface area contributed by atoms with Gasteiger partial charge in [0.25, 0.3) is 0 Å². The average Bonchev–Trinajstić information content (AvgIpc) is 2.70. The summed E-state index contributed by atoms with van der Waals surface area (Å²) in [6.07, 6.45) is 3.87. The van der Waals surface area contributed by atoms with E-state index in [0.29, 0.717) is 5.02 Å². The third-order valence-corrected chi connectivity index (χ3v) is 5.44. The van der Waals surface area contributed by atoms with Gasteiger partial charge in [-0.05, 0) is 43.9 Å². The van der Waals surface area contributed by atoms with Gasteiger partial charge in [-0.2, -0.15) is 0 Å². The van der Waals surface area contributed by atoms with Gasteiger partial charge in [0.2, 0.25) is 0 Å².